The number of carbonyl (C=O) groups excluding carboxylic acids is 1. The minimum absolute atomic E-state index is 0.179. The number of aryl methyl sites for hydroxylation is 1. The minimum atomic E-state index is -3.63. The Kier molecular flexibility index (Phi) is 5.08. The number of unbranched alkanes of at least 4 members (excludes halogenated alkanes) is 1. The molecule has 26 heavy (non-hydrogen) atoms. The van der Waals surface area contributed by atoms with Gasteiger partial charge in [0.25, 0.3) is 10.0 Å². The molecule has 3 rings (SSSR count). The molecule has 2 N–H and O–H groups in total. The maximum Gasteiger partial charge on any atom is 0.263 e. The molecule has 9 heteroatoms. The van der Waals surface area contributed by atoms with E-state index in [9.17, 15) is 13.2 Å². The van der Waals surface area contributed by atoms with Gasteiger partial charge in [-0.05, 0) is 18.6 Å². The maximum atomic E-state index is 12.6. The standard InChI is InChI=1S/C17H21N5O3S/c1-3-4-8-13(17(23)19-15-10-11-22(2)20-15)18-16-12-7-5-6-9-14(12)26(24,25)21-16/h5-7,9-11,13H,3-4,8H2,1-2H3,(H,18,21)(H,19,20,23). The average Bonchev–Trinajstić information content (AvgIpc) is 3.12. The van der Waals surface area contributed by atoms with E-state index in [0.717, 1.165) is 12.8 Å². The Balaban J connectivity index is 1.89. The highest BCUT2D eigenvalue weighted by Gasteiger charge is 2.31. The summed E-state index contributed by atoms with van der Waals surface area (Å²) in [5, 5.41) is 6.86. The van der Waals surface area contributed by atoms with Gasteiger partial charge in [0.05, 0.1) is 4.90 Å². The number of anilines is 1. The van der Waals surface area contributed by atoms with Crippen molar-refractivity contribution < 1.29 is 13.2 Å². The summed E-state index contributed by atoms with van der Waals surface area (Å²) in [6.07, 6.45) is 3.94. The van der Waals surface area contributed by atoms with Crippen LogP contribution in [0.15, 0.2) is 46.4 Å². The van der Waals surface area contributed by atoms with Gasteiger partial charge in [0.1, 0.15) is 11.9 Å². The zero-order valence-electron chi connectivity index (χ0n) is 14.6. The molecule has 1 unspecified atom stereocenters. The number of nitrogens with zero attached hydrogens (tertiary/aromatic N) is 3. The van der Waals surface area contributed by atoms with Crippen molar-refractivity contribution in [2.24, 2.45) is 12.0 Å². The summed E-state index contributed by atoms with van der Waals surface area (Å²) in [5.41, 5.74) is 0.486. The first kappa shape index (κ1) is 18.1. The molecule has 2 heterocycles. The lowest BCUT2D eigenvalue weighted by Crippen LogP contribution is -2.31. The van der Waals surface area contributed by atoms with E-state index < -0.39 is 16.1 Å². The van der Waals surface area contributed by atoms with Crippen LogP contribution in [0.5, 0.6) is 0 Å². The molecular weight excluding hydrogens is 354 g/mol. The van der Waals surface area contributed by atoms with Gasteiger partial charge in [0.15, 0.2) is 5.82 Å². The molecule has 0 spiro atoms. The fourth-order valence-electron chi connectivity index (χ4n) is 2.73. The number of fused-ring (bicyclic) bond motifs is 1. The van der Waals surface area contributed by atoms with Gasteiger partial charge in [-0.3, -0.25) is 19.2 Å². The molecule has 1 aromatic heterocycles. The van der Waals surface area contributed by atoms with E-state index in [1.165, 1.54) is 6.07 Å². The highest BCUT2D eigenvalue weighted by Crippen LogP contribution is 2.23. The largest absolute Gasteiger partial charge is 0.307 e. The Morgan fingerprint density at radius 1 is 1.35 bits per heavy atom. The molecular formula is C17H21N5O3S. The quantitative estimate of drug-likeness (QED) is 0.801. The monoisotopic (exact) mass is 375 g/mol. The number of amidine groups is 1. The minimum Gasteiger partial charge on any atom is -0.307 e. The summed E-state index contributed by atoms with van der Waals surface area (Å²) in [7, 11) is -1.87. The SMILES string of the molecule is CCCCC(N=C1NS(=O)(=O)c2ccccc21)C(=O)Nc1ccn(C)n1. The van der Waals surface area contributed by atoms with E-state index in [1.807, 2.05) is 6.92 Å². The van der Waals surface area contributed by atoms with Gasteiger partial charge in [-0.15, -0.1) is 0 Å². The Morgan fingerprint density at radius 2 is 2.12 bits per heavy atom. The number of carbonyl (C=O) groups is 1. The maximum absolute atomic E-state index is 12.6. The van der Waals surface area contributed by atoms with Crippen molar-refractivity contribution in [1.82, 2.24) is 14.5 Å². The summed E-state index contributed by atoms with van der Waals surface area (Å²) in [5.74, 6) is 0.331. The van der Waals surface area contributed by atoms with Crippen LogP contribution in [0.3, 0.4) is 0 Å². The van der Waals surface area contributed by atoms with Crippen molar-refractivity contribution in [1.29, 1.82) is 0 Å². The van der Waals surface area contributed by atoms with Crippen molar-refractivity contribution >= 4 is 27.6 Å². The van der Waals surface area contributed by atoms with Gasteiger partial charge in [-0.2, -0.15) is 5.10 Å². The predicted molar refractivity (Wildman–Crippen MR) is 98.5 cm³/mol. The van der Waals surface area contributed by atoms with Crippen LogP contribution in [0, 0.1) is 0 Å². The molecule has 1 amide bonds. The zero-order valence-corrected chi connectivity index (χ0v) is 15.5. The van der Waals surface area contributed by atoms with E-state index >= 15 is 0 Å². The first-order valence-corrected chi connectivity index (χ1v) is 9.89. The number of sulfonamides is 1. The Morgan fingerprint density at radius 3 is 2.81 bits per heavy atom. The summed E-state index contributed by atoms with van der Waals surface area (Å²) in [6.45, 7) is 2.02. The topological polar surface area (TPSA) is 105 Å². The number of amides is 1. The van der Waals surface area contributed by atoms with Crippen molar-refractivity contribution in [3.63, 3.8) is 0 Å². The molecule has 1 aromatic carbocycles. The van der Waals surface area contributed by atoms with E-state index in [0.29, 0.717) is 17.8 Å². The van der Waals surface area contributed by atoms with Gasteiger partial charge in [0.2, 0.25) is 5.91 Å². The highest BCUT2D eigenvalue weighted by atomic mass is 32.2. The van der Waals surface area contributed by atoms with Crippen molar-refractivity contribution in [3.05, 3.63) is 42.1 Å². The number of rotatable bonds is 6. The van der Waals surface area contributed by atoms with Crippen LogP contribution in [0.4, 0.5) is 5.82 Å². The fourth-order valence-corrected chi connectivity index (χ4v) is 3.97. The molecule has 0 aliphatic carbocycles. The van der Waals surface area contributed by atoms with Crippen LogP contribution in [-0.4, -0.2) is 36.0 Å². The predicted octanol–water partition coefficient (Wildman–Crippen LogP) is 1.66. The van der Waals surface area contributed by atoms with Crippen LogP contribution >= 0.6 is 0 Å². The van der Waals surface area contributed by atoms with Gasteiger partial charge >= 0.3 is 0 Å². The second-order valence-corrected chi connectivity index (χ2v) is 7.75. The van der Waals surface area contributed by atoms with Crippen LogP contribution in [0.25, 0.3) is 0 Å². The number of aromatic nitrogens is 2. The van der Waals surface area contributed by atoms with E-state index in [4.69, 9.17) is 0 Å². The van der Waals surface area contributed by atoms with Crippen molar-refractivity contribution in [2.75, 3.05) is 5.32 Å². The number of nitrogens with one attached hydrogen (secondary N) is 2. The number of aliphatic imine (C=N–C) groups is 1. The molecule has 1 atom stereocenters. The second-order valence-electron chi connectivity index (χ2n) is 6.10. The smallest absolute Gasteiger partial charge is 0.263 e. The second kappa shape index (κ2) is 7.28. The lowest BCUT2D eigenvalue weighted by Gasteiger charge is -2.12. The molecule has 0 saturated heterocycles. The third-order valence-corrected chi connectivity index (χ3v) is 5.44. The Bertz CT molecular complexity index is 949. The van der Waals surface area contributed by atoms with E-state index in [1.54, 1.807) is 42.2 Å². The van der Waals surface area contributed by atoms with E-state index in [-0.39, 0.29) is 16.6 Å². The van der Waals surface area contributed by atoms with Gasteiger partial charge in [0, 0.05) is 24.9 Å². The first-order chi connectivity index (χ1) is 12.4. The number of benzene rings is 1. The average molecular weight is 375 g/mol. The lowest BCUT2D eigenvalue weighted by molar-refractivity contribution is -0.117. The molecule has 0 saturated carbocycles. The normalized spacial score (nSPS) is 17.5. The molecule has 1 aliphatic heterocycles. The third-order valence-electron chi connectivity index (χ3n) is 4.05. The van der Waals surface area contributed by atoms with Gasteiger partial charge < -0.3 is 5.32 Å². The molecule has 0 bridgehead atoms. The summed E-state index contributed by atoms with van der Waals surface area (Å²) in [6, 6.07) is 7.58. The molecule has 1 aliphatic rings. The van der Waals surface area contributed by atoms with E-state index in [2.05, 4.69) is 20.1 Å². The number of hydrogen-bond acceptors (Lipinski definition) is 5. The molecule has 0 fully saturated rings. The highest BCUT2D eigenvalue weighted by molar-refractivity contribution is 7.90. The van der Waals surface area contributed by atoms with Crippen LogP contribution in [0.2, 0.25) is 0 Å². The van der Waals surface area contributed by atoms with Gasteiger partial charge in [-0.25, -0.2) is 8.42 Å². The molecule has 8 nitrogen and oxygen atoms in total. The molecule has 2 aromatic rings. The summed E-state index contributed by atoms with van der Waals surface area (Å²) >= 11 is 0. The zero-order chi connectivity index (χ0) is 18.7. The third kappa shape index (κ3) is 3.77. The van der Waals surface area contributed by atoms with Crippen LogP contribution in [0.1, 0.15) is 31.7 Å². The lowest BCUT2D eigenvalue weighted by atomic mass is 10.1. The van der Waals surface area contributed by atoms with Crippen molar-refractivity contribution in [2.45, 2.75) is 37.1 Å². The summed E-state index contributed by atoms with van der Waals surface area (Å²) in [4.78, 5) is 17.3. The Hall–Kier alpha value is -2.68. The Labute approximate surface area is 152 Å². The molecule has 0 radical (unpaired) electrons. The van der Waals surface area contributed by atoms with Gasteiger partial charge in [-0.1, -0.05) is 31.9 Å². The van der Waals surface area contributed by atoms with Crippen molar-refractivity contribution in [3.8, 4) is 0 Å². The van der Waals surface area contributed by atoms with Crippen LogP contribution in [-0.2, 0) is 21.9 Å². The first-order valence-electron chi connectivity index (χ1n) is 8.41. The number of hydrogen-bond donors (Lipinski definition) is 2. The summed E-state index contributed by atoms with van der Waals surface area (Å²) < 4.78 is 28.5. The fraction of sp³-hybridized carbons (Fsp3) is 0.353. The van der Waals surface area contributed by atoms with Crippen LogP contribution < -0.4 is 10.0 Å². The molecule has 138 valence electrons.